The Bertz CT molecular complexity index is 606. The lowest BCUT2D eigenvalue weighted by molar-refractivity contribution is 0.0749. The number of nitrogens with one attached hydrogen (secondary N) is 2. The number of aromatic amines is 1. The maximum absolute atomic E-state index is 11.9. The van der Waals surface area contributed by atoms with E-state index >= 15 is 0 Å². The topological polar surface area (TPSA) is 79.9 Å². The molecule has 1 heterocycles. The molecule has 0 aliphatic heterocycles. The average molecular weight is 300 g/mol. The summed E-state index contributed by atoms with van der Waals surface area (Å²) in [5.74, 6) is 0. The summed E-state index contributed by atoms with van der Waals surface area (Å²) in [6.45, 7) is 0.298. The molecule has 1 aromatic heterocycles. The first-order chi connectivity index (χ1) is 10.8. The van der Waals surface area contributed by atoms with Gasteiger partial charge >= 0.3 is 6.09 Å². The molecule has 1 fully saturated rings. The van der Waals surface area contributed by atoms with Crippen molar-refractivity contribution in [3.05, 3.63) is 36.0 Å². The van der Waals surface area contributed by atoms with E-state index in [1.807, 2.05) is 30.3 Å². The van der Waals surface area contributed by atoms with Gasteiger partial charge in [0.25, 0.3) is 0 Å². The van der Waals surface area contributed by atoms with Crippen molar-refractivity contribution < 1.29 is 9.53 Å². The van der Waals surface area contributed by atoms with Gasteiger partial charge in [0.05, 0.1) is 12.2 Å². The van der Waals surface area contributed by atoms with E-state index in [-0.39, 0.29) is 12.2 Å². The third-order valence-electron chi connectivity index (χ3n) is 3.91. The molecule has 2 aromatic rings. The Hall–Kier alpha value is -2.37. The number of carbonyl (C=O) groups is 1. The van der Waals surface area contributed by atoms with Crippen molar-refractivity contribution in [2.75, 3.05) is 0 Å². The monoisotopic (exact) mass is 300 g/mol. The van der Waals surface area contributed by atoms with Gasteiger partial charge < -0.3 is 10.1 Å². The number of amides is 1. The summed E-state index contributed by atoms with van der Waals surface area (Å²) in [4.78, 5) is 11.9. The SMILES string of the molecule is O=C(NCc1nn[nH]c1-c1ccccc1)OC1CCCCC1. The Balaban J connectivity index is 1.55. The summed E-state index contributed by atoms with van der Waals surface area (Å²) in [5.41, 5.74) is 2.51. The Kier molecular flexibility index (Phi) is 4.68. The van der Waals surface area contributed by atoms with Crippen LogP contribution in [0.1, 0.15) is 37.8 Å². The van der Waals surface area contributed by atoms with Crippen molar-refractivity contribution in [1.82, 2.24) is 20.7 Å². The normalized spacial score (nSPS) is 15.5. The largest absolute Gasteiger partial charge is 0.446 e. The number of alkyl carbamates (subject to hydrolysis) is 1. The highest BCUT2D eigenvalue weighted by atomic mass is 16.6. The van der Waals surface area contributed by atoms with Gasteiger partial charge in [-0.1, -0.05) is 42.0 Å². The fourth-order valence-electron chi connectivity index (χ4n) is 2.74. The van der Waals surface area contributed by atoms with Gasteiger partial charge in [0.1, 0.15) is 11.8 Å². The van der Waals surface area contributed by atoms with E-state index in [1.54, 1.807) is 0 Å². The zero-order valence-corrected chi connectivity index (χ0v) is 12.4. The van der Waals surface area contributed by atoms with E-state index in [2.05, 4.69) is 20.7 Å². The predicted molar refractivity (Wildman–Crippen MR) is 82.0 cm³/mol. The van der Waals surface area contributed by atoms with Crippen molar-refractivity contribution in [3.63, 3.8) is 0 Å². The van der Waals surface area contributed by atoms with Gasteiger partial charge in [0.2, 0.25) is 0 Å². The summed E-state index contributed by atoms with van der Waals surface area (Å²) >= 11 is 0. The van der Waals surface area contributed by atoms with E-state index in [9.17, 15) is 4.79 Å². The minimum atomic E-state index is -0.381. The number of aromatic nitrogens is 3. The fraction of sp³-hybridized carbons (Fsp3) is 0.438. The molecule has 3 rings (SSSR count). The van der Waals surface area contributed by atoms with E-state index in [0.717, 1.165) is 36.9 Å². The standard InChI is InChI=1S/C16H20N4O2/c21-16(22-13-9-5-2-6-10-13)17-11-14-15(19-20-18-14)12-7-3-1-4-8-12/h1,3-4,7-8,13H,2,5-6,9-11H2,(H,17,21)(H,18,19,20). The third-order valence-corrected chi connectivity index (χ3v) is 3.91. The van der Waals surface area contributed by atoms with Gasteiger partial charge in [-0.25, -0.2) is 4.79 Å². The molecule has 0 spiro atoms. The predicted octanol–water partition coefficient (Wildman–Crippen LogP) is 3.03. The molecule has 0 atom stereocenters. The van der Waals surface area contributed by atoms with Gasteiger partial charge in [0, 0.05) is 5.56 Å². The van der Waals surface area contributed by atoms with Gasteiger partial charge in [-0.2, -0.15) is 0 Å². The summed E-state index contributed by atoms with van der Waals surface area (Å²) in [7, 11) is 0. The molecule has 0 saturated heterocycles. The van der Waals surface area contributed by atoms with Crippen molar-refractivity contribution >= 4 is 6.09 Å². The lowest BCUT2D eigenvalue weighted by Crippen LogP contribution is -2.30. The molecular weight excluding hydrogens is 280 g/mol. The first-order valence-electron chi connectivity index (χ1n) is 7.73. The molecule has 2 N–H and O–H groups in total. The summed E-state index contributed by atoms with van der Waals surface area (Å²) < 4.78 is 5.43. The number of nitrogens with zero attached hydrogens (tertiary/aromatic N) is 2. The molecule has 116 valence electrons. The molecule has 1 aromatic carbocycles. The second-order valence-electron chi connectivity index (χ2n) is 5.52. The van der Waals surface area contributed by atoms with Crippen molar-refractivity contribution in [2.45, 2.75) is 44.8 Å². The highest BCUT2D eigenvalue weighted by Crippen LogP contribution is 2.21. The molecule has 6 heteroatoms. The maximum Gasteiger partial charge on any atom is 0.407 e. The summed E-state index contributed by atoms with van der Waals surface area (Å²) in [5, 5.41) is 13.5. The number of carbonyl (C=O) groups excluding carboxylic acids is 1. The van der Waals surface area contributed by atoms with Crippen LogP contribution in [0.5, 0.6) is 0 Å². The van der Waals surface area contributed by atoms with Crippen LogP contribution in [0.15, 0.2) is 30.3 Å². The van der Waals surface area contributed by atoms with Crippen molar-refractivity contribution in [2.24, 2.45) is 0 Å². The van der Waals surface area contributed by atoms with Gasteiger partial charge in [-0.15, -0.1) is 5.10 Å². The van der Waals surface area contributed by atoms with Crippen LogP contribution in [-0.2, 0) is 11.3 Å². The Labute approximate surface area is 129 Å². The average Bonchev–Trinajstić information content (AvgIpc) is 3.03. The molecule has 1 aliphatic carbocycles. The van der Waals surface area contributed by atoms with E-state index in [4.69, 9.17) is 4.74 Å². The van der Waals surface area contributed by atoms with E-state index in [1.165, 1.54) is 6.42 Å². The minimum Gasteiger partial charge on any atom is -0.446 e. The molecule has 0 bridgehead atoms. The van der Waals surface area contributed by atoms with Crippen LogP contribution in [-0.4, -0.2) is 27.6 Å². The zero-order chi connectivity index (χ0) is 15.2. The number of ether oxygens (including phenoxy) is 1. The highest BCUT2D eigenvalue weighted by molar-refractivity contribution is 5.68. The molecule has 6 nitrogen and oxygen atoms in total. The van der Waals surface area contributed by atoms with Crippen LogP contribution < -0.4 is 5.32 Å². The number of hydrogen-bond acceptors (Lipinski definition) is 4. The second kappa shape index (κ2) is 7.06. The first kappa shape index (κ1) is 14.6. The Morgan fingerprint density at radius 3 is 2.77 bits per heavy atom. The van der Waals surface area contributed by atoms with E-state index in [0.29, 0.717) is 12.2 Å². The summed E-state index contributed by atoms with van der Waals surface area (Å²) in [6.07, 6.45) is 5.12. The molecule has 22 heavy (non-hydrogen) atoms. The fourth-order valence-corrected chi connectivity index (χ4v) is 2.74. The maximum atomic E-state index is 11.9. The molecule has 0 unspecified atom stereocenters. The van der Waals surface area contributed by atoms with Crippen LogP contribution in [0, 0.1) is 0 Å². The number of benzene rings is 1. The quantitative estimate of drug-likeness (QED) is 0.909. The molecular formula is C16H20N4O2. The highest BCUT2D eigenvalue weighted by Gasteiger charge is 2.18. The second-order valence-corrected chi connectivity index (χ2v) is 5.52. The summed E-state index contributed by atoms with van der Waals surface area (Å²) in [6, 6.07) is 9.79. The van der Waals surface area contributed by atoms with Gasteiger partial charge in [-0.05, 0) is 25.7 Å². The first-order valence-corrected chi connectivity index (χ1v) is 7.73. The van der Waals surface area contributed by atoms with E-state index < -0.39 is 0 Å². The van der Waals surface area contributed by atoms with Crippen LogP contribution >= 0.6 is 0 Å². The lowest BCUT2D eigenvalue weighted by Gasteiger charge is -2.21. The lowest BCUT2D eigenvalue weighted by atomic mass is 9.98. The van der Waals surface area contributed by atoms with Crippen LogP contribution in [0.2, 0.25) is 0 Å². The Morgan fingerprint density at radius 1 is 1.23 bits per heavy atom. The third kappa shape index (κ3) is 3.63. The van der Waals surface area contributed by atoms with Crippen molar-refractivity contribution in [3.8, 4) is 11.3 Å². The molecule has 1 saturated carbocycles. The van der Waals surface area contributed by atoms with Gasteiger partial charge in [0.15, 0.2) is 0 Å². The van der Waals surface area contributed by atoms with Crippen LogP contribution in [0.4, 0.5) is 4.79 Å². The number of hydrogen-bond donors (Lipinski definition) is 2. The molecule has 1 amide bonds. The number of rotatable bonds is 4. The van der Waals surface area contributed by atoms with Crippen molar-refractivity contribution in [1.29, 1.82) is 0 Å². The van der Waals surface area contributed by atoms with Crippen LogP contribution in [0.3, 0.4) is 0 Å². The smallest absolute Gasteiger partial charge is 0.407 e. The zero-order valence-electron chi connectivity index (χ0n) is 12.4. The molecule has 0 radical (unpaired) electrons. The molecule has 1 aliphatic rings. The van der Waals surface area contributed by atoms with Gasteiger partial charge in [-0.3, -0.25) is 5.10 Å². The Morgan fingerprint density at radius 2 is 2.00 bits per heavy atom. The minimum absolute atomic E-state index is 0.0552. The van der Waals surface area contributed by atoms with Crippen LogP contribution in [0.25, 0.3) is 11.3 Å². The number of H-pyrrole nitrogens is 1.